The first-order valence-electron chi connectivity index (χ1n) is 8.17. The van der Waals surface area contributed by atoms with Gasteiger partial charge in [0.05, 0.1) is 23.1 Å². The van der Waals surface area contributed by atoms with Crippen LogP contribution in [0.4, 0.5) is 0 Å². The Morgan fingerprint density at radius 1 is 1.30 bits per heavy atom. The fraction of sp³-hybridized carbons (Fsp3) is 0.368. The van der Waals surface area contributed by atoms with E-state index >= 15 is 0 Å². The smallest absolute Gasteiger partial charge is 0.137 e. The topological polar surface area (TPSA) is 30.2 Å². The van der Waals surface area contributed by atoms with Crippen LogP contribution in [0.3, 0.4) is 0 Å². The maximum Gasteiger partial charge on any atom is 0.137 e. The molecule has 0 aliphatic carbocycles. The van der Waals surface area contributed by atoms with Crippen molar-refractivity contribution < 1.29 is 0 Å². The number of hydrogen-bond acceptors (Lipinski definition) is 2. The molecule has 3 heterocycles. The van der Waals surface area contributed by atoms with Gasteiger partial charge in [-0.3, -0.25) is 4.99 Å². The molecule has 0 saturated carbocycles. The van der Waals surface area contributed by atoms with E-state index in [1.165, 1.54) is 11.1 Å². The van der Waals surface area contributed by atoms with Gasteiger partial charge in [-0.1, -0.05) is 31.2 Å². The van der Waals surface area contributed by atoms with E-state index in [-0.39, 0.29) is 17.5 Å². The van der Waals surface area contributed by atoms with Crippen molar-refractivity contribution in [3.8, 4) is 0 Å². The van der Waals surface area contributed by atoms with Crippen molar-refractivity contribution in [1.82, 2.24) is 9.55 Å². The summed E-state index contributed by atoms with van der Waals surface area (Å²) in [5, 5.41) is 0.104. The van der Waals surface area contributed by atoms with Crippen molar-refractivity contribution in [2.75, 3.05) is 0 Å². The lowest BCUT2D eigenvalue weighted by atomic mass is 9.90. The van der Waals surface area contributed by atoms with Crippen molar-refractivity contribution >= 4 is 34.4 Å². The zero-order chi connectivity index (χ0) is 16.0. The number of fused-ring (bicyclic) bond motifs is 5. The lowest BCUT2D eigenvalue weighted by Gasteiger charge is -2.33. The highest BCUT2D eigenvalue weighted by atomic mass is 35.5. The van der Waals surface area contributed by atoms with Gasteiger partial charge in [-0.05, 0) is 36.6 Å². The molecule has 4 rings (SSSR count). The quantitative estimate of drug-likeness (QED) is 0.740. The third kappa shape index (κ3) is 2.43. The molecular formula is C19H20ClN3. The van der Waals surface area contributed by atoms with Gasteiger partial charge in [-0.15, -0.1) is 11.6 Å². The van der Waals surface area contributed by atoms with Crippen molar-refractivity contribution in [3.05, 3.63) is 48.3 Å². The van der Waals surface area contributed by atoms with E-state index in [4.69, 9.17) is 21.6 Å². The Balaban J connectivity index is 1.92. The summed E-state index contributed by atoms with van der Waals surface area (Å²) in [4.78, 5) is 9.61. The molecular weight excluding hydrogens is 306 g/mol. The van der Waals surface area contributed by atoms with Gasteiger partial charge in [0.1, 0.15) is 5.82 Å². The second-order valence-electron chi connectivity index (χ2n) is 6.47. The zero-order valence-corrected chi connectivity index (χ0v) is 14.1. The molecule has 0 saturated heterocycles. The fourth-order valence-electron chi connectivity index (χ4n) is 3.45. The average Bonchev–Trinajstić information content (AvgIpc) is 2.95. The predicted octanol–water partition coefficient (Wildman–Crippen LogP) is 4.64. The number of dihydropyridines is 1. The molecule has 0 N–H and O–H groups in total. The van der Waals surface area contributed by atoms with Gasteiger partial charge in [0.2, 0.25) is 0 Å². The van der Waals surface area contributed by atoms with Crippen LogP contribution in [0.15, 0.2) is 47.5 Å². The highest BCUT2D eigenvalue weighted by Gasteiger charge is 2.33. The summed E-state index contributed by atoms with van der Waals surface area (Å²) in [5.41, 5.74) is 3.48. The molecule has 0 amide bonds. The van der Waals surface area contributed by atoms with Crippen molar-refractivity contribution in [2.45, 2.75) is 37.7 Å². The van der Waals surface area contributed by atoms with E-state index in [9.17, 15) is 0 Å². The number of allylic oxidation sites excluding steroid dienone is 2. The highest BCUT2D eigenvalue weighted by Crippen LogP contribution is 2.39. The van der Waals surface area contributed by atoms with Crippen LogP contribution in [0.5, 0.6) is 0 Å². The van der Waals surface area contributed by atoms with E-state index in [0.29, 0.717) is 5.92 Å². The van der Waals surface area contributed by atoms with Crippen LogP contribution >= 0.6 is 11.6 Å². The summed E-state index contributed by atoms with van der Waals surface area (Å²) >= 11 is 6.28. The number of nitrogens with zero attached hydrogens (tertiary/aromatic N) is 3. The molecule has 118 valence electrons. The molecule has 0 radical (unpaired) electrons. The first-order chi connectivity index (χ1) is 11.1. The minimum absolute atomic E-state index is 0.104. The van der Waals surface area contributed by atoms with Crippen LogP contribution < -0.4 is 0 Å². The minimum Gasteiger partial charge on any atom is -0.315 e. The van der Waals surface area contributed by atoms with Gasteiger partial charge < -0.3 is 4.57 Å². The van der Waals surface area contributed by atoms with Gasteiger partial charge in [-0.25, -0.2) is 4.98 Å². The summed E-state index contributed by atoms with van der Waals surface area (Å²) < 4.78 is 2.34. The van der Waals surface area contributed by atoms with Crippen molar-refractivity contribution in [1.29, 1.82) is 0 Å². The number of rotatable bonds is 2. The fourth-order valence-corrected chi connectivity index (χ4v) is 3.53. The number of benzene rings is 1. The normalized spacial score (nSPS) is 27.0. The third-order valence-electron chi connectivity index (χ3n) is 4.86. The predicted molar refractivity (Wildman–Crippen MR) is 97.3 cm³/mol. The third-order valence-corrected chi connectivity index (χ3v) is 5.26. The molecule has 2 aliphatic rings. The maximum absolute atomic E-state index is 6.28. The average molecular weight is 326 g/mol. The summed E-state index contributed by atoms with van der Waals surface area (Å²) in [7, 11) is 0. The van der Waals surface area contributed by atoms with Gasteiger partial charge in [-0.2, -0.15) is 0 Å². The number of alkyl halides is 1. The molecule has 0 bridgehead atoms. The molecule has 23 heavy (non-hydrogen) atoms. The van der Waals surface area contributed by atoms with E-state index in [1.54, 1.807) is 0 Å². The standard InChI is InChI=1S/C19H20ClN3/c1-12(13(2)20)10-14-11-16-18(8-5-9-21-16)23-17-7-4-3-6-15(17)22-19(14)23/h3-10,12-13,16,18H,11H2,1-2H3/b14-10+. The highest BCUT2D eigenvalue weighted by molar-refractivity contribution is 6.20. The van der Waals surface area contributed by atoms with Crippen LogP contribution in [0.1, 0.15) is 32.1 Å². The van der Waals surface area contributed by atoms with Crippen molar-refractivity contribution in [2.24, 2.45) is 10.9 Å². The van der Waals surface area contributed by atoms with Gasteiger partial charge in [0.15, 0.2) is 0 Å². The van der Waals surface area contributed by atoms with E-state index in [0.717, 1.165) is 17.8 Å². The van der Waals surface area contributed by atoms with Gasteiger partial charge in [0.25, 0.3) is 0 Å². The number of aliphatic imine (C=N–C) groups is 1. The van der Waals surface area contributed by atoms with E-state index < -0.39 is 0 Å². The largest absolute Gasteiger partial charge is 0.315 e. The molecule has 4 heteroatoms. The van der Waals surface area contributed by atoms with Crippen LogP contribution in [0.25, 0.3) is 16.6 Å². The Hall–Kier alpha value is -1.87. The Morgan fingerprint density at radius 2 is 2.13 bits per heavy atom. The summed E-state index contributed by atoms with van der Waals surface area (Å²) in [6.07, 6.45) is 9.39. The number of imidazole rings is 1. The molecule has 2 aromatic rings. The Kier molecular flexibility index (Phi) is 3.61. The first kappa shape index (κ1) is 14.7. The Bertz CT molecular complexity index is 828. The summed E-state index contributed by atoms with van der Waals surface area (Å²) in [6.45, 7) is 4.20. The molecule has 0 fully saturated rings. The van der Waals surface area contributed by atoms with Gasteiger partial charge >= 0.3 is 0 Å². The molecule has 2 aliphatic heterocycles. The second kappa shape index (κ2) is 5.64. The molecule has 3 nitrogen and oxygen atoms in total. The second-order valence-corrected chi connectivity index (χ2v) is 7.16. The van der Waals surface area contributed by atoms with Crippen LogP contribution in [-0.2, 0) is 0 Å². The molecule has 4 unspecified atom stereocenters. The number of hydrogen-bond donors (Lipinski definition) is 0. The number of halogens is 1. The maximum atomic E-state index is 6.28. The van der Waals surface area contributed by atoms with Crippen LogP contribution in [0.2, 0.25) is 0 Å². The minimum atomic E-state index is 0.104. The van der Waals surface area contributed by atoms with Gasteiger partial charge in [0, 0.05) is 18.0 Å². The molecule has 1 aromatic heterocycles. The number of aromatic nitrogens is 2. The van der Waals surface area contributed by atoms with E-state index in [1.807, 2.05) is 25.3 Å². The van der Waals surface area contributed by atoms with Crippen LogP contribution in [-0.4, -0.2) is 27.2 Å². The lowest BCUT2D eigenvalue weighted by Crippen LogP contribution is -2.30. The molecule has 0 spiro atoms. The SMILES string of the molecule is CC(Cl)C(C)/C=C1\CC2N=CC=CC2n2c1nc1ccccc12. The summed E-state index contributed by atoms with van der Waals surface area (Å²) in [6, 6.07) is 8.84. The lowest BCUT2D eigenvalue weighted by molar-refractivity contribution is 0.470. The summed E-state index contributed by atoms with van der Waals surface area (Å²) in [5.74, 6) is 1.37. The molecule has 4 atom stereocenters. The number of para-hydroxylation sites is 2. The van der Waals surface area contributed by atoms with Crippen molar-refractivity contribution in [3.63, 3.8) is 0 Å². The molecule has 1 aromatic carbocycles. The Labute approximate surface area is 141 Å². The van der Waals surface area contributed by atoms with E-state index in [2.05, 4.69) is 41.8 Å². The van der Waals surface area contributed by atoms with Crippen LogP contribution in [0, 0.1) is 5.92 Å². The monoisotopic (exact) mass is 325 g/mol. The first-order valence-corrected chi connectivity index (χ1v) is 8.61. The Morgan fingerprint density at radius 3 is 2.96 bits per heavy atom. The zero-order valence-electron chi connectivity index (χ0n) is 13.4.